The highest BCUT2D eigenvalue weighted by Crippen LogP contribution is 2.33. The van der Waals surface area contributed by atoms with Crippen LogP contribution in [0.1, 0.15) is 17.3 Å². The van der Waals surface area contributed by atoms with E-state index in [0.717, 1.165) is 39.4 Å². The van der Waals surface area contributed by atoms with Crippen LogP contribution in [0.4, 0.5) is 0 Å². The van der Waals surface area contributed by atoms with E-state index in [9.17, 15) is 4.79 Å². The third kappa shape index (κ3) is 3.22. The third-order valence-electron chi connectivity index (χ3n) is 4.26. The molecule has 21 heavy (non-hydrogen) atoms. The summed E-state index contributed by atoms with van der Waals surface area (Å²) in [4.78, 5) is 16.9. The molecule has 7 heteroatoms. The number of nitrogens with zero attached hydrogens (tertiary/aromatic N) is 2. The number of rotatable bonds is 2. The summed E-state index contributed by atoms with van der Waals surface area (Å²) in [5, 5.41) is 0. The fourth-order valence-electron chi connectivity index (χ4n) is 3.16. The number of thiophene rings is 1. The molecule has 2 saturated heterocycles. The number of amides is 1. The Morgan fingerprint density at radius 3 is 2.67 bits per heavy atom. The van der Waals surface area contributed by atoms with Crippen LogP contribution in [0, 0.1) is 5.92 Å². The van der Waals surface area contributed by atoms with Crippen molar-refractivity contribution in [2.75, 3.05) is 39.4 Å². The van der Waals surface area contributed by atoms with Crippen LogP contribution in [0.3, 0.4) is 0 Å². The Kier molecular flexibility index (Phi) is 4.76. The fourth-order valence-corrected chi connectivity index (χ4v) is 4.60. The maximum atomic E-state index is 12.6. The van der Waals surface area contributed by atoms with Crippen molar-refractivity contribution in [3.8, 4) is 0 Å². The van der Waals surface area contributed by atoms with Crippen molar-refractivity contribution in [1.82, 2.24) is 9.80 Å². The molecule has 0 aromatic carbocycles. The van der Waals surface area contributed by atoms with Crippen molar-refractivity contribution in [3.63, 3.8) is 0 Å². The Hall–Kier alpha value is -0.330. The predicted octanol–water partition coefficient (Wildman–Crippen LogP) is 2.85. The second kappa shape index (κ2) is 6.42. The predicted molar refractivity (Wildman–Crippen MR) is 85.6 cm³/mol. The molecular formula is C14H18Cl2N2O2S. The van der Waals surface area contributed by atoms with E-state index < -0.39 is 0 Å². The SMILES string of the molecule is C[C@H]1CN(C(=O)c2cc(Cl)sc2Cl)C[C@H]1N1CCOCC1. The van der Waals surface area contributed by atoms with Gasteiger partial charge in [0.1, 0.15) is 4.34 Å². The standard InChI is InChI=1S/C14H18Cl2N2O2S/c1-9-7-18(8-11(9)17-2-4-20-5-3-17)14(19)10-6-12(15)21-13(10)16/h6,9,11H,2-5,7-8H2,1H3/t9-,11+/m0/s1. The van der Waals surface area contributed by atoms with Crippen molar-refractivity contribution in [1.29, 1.82) is 0 Å². The summed E-state index contributed by atoms with van der Waals surface area (Å²) >= 11 is 13.3. The van der Waals surface area contributed by atoms with E-state index in [1.807, 2.05) is 4.90 Å². The van der Waals surface area contributed by atoms with Crippen molar-refractivity contribution >= 4 is 40.4 Å². The van der Waals surface area contributed by atoms with Gasteiger partial charge in [0, 0.05) is 32.2 Å². The first-order valence-corrected chi connectivity index (χ1v) is 8.69. The lowest BCUT2D eigenvalue weighted by Gasteiger charge is -2.33. The van der Waals surface area contributed by atoms with Crippen LogP contribution < -0.4 is 0 Å². The van der Waals surface area contributed by atoms with Gasteiger partial charge in [-0.25, -0.2) is 0 Å². The molecule has 1 aromatic rings. The number of hydrogen-bond acceptors (Lipinski definition) is 4. The lowest BCUT2D eigenvalue weighted by Crippen LogP contribution is -2.47. The minimum Gasteiger partial charge on any atom is -0.379 e. The van der Waals surface area contributed by atoms with E-state index in [4.69, 9.17) is 27.9 Å². The maximum absolute atomic E-state index is 12.6. The summed E-state index contributed by atoms with van der Waals surface area (Å²) in [7, 11) is 0. The van der Waals surface area contributed by atoms with Crippen molar-refractivity contribution < 1.29 is 9.53 Å². The lowest BCUT2D eigenvalue weighted by atomic mass is 10.0. The normalized spacial score (nSPS) is 27.3. The highest BCUT2D eigenvalue weighted by atomic mass is 35.5. The summed E-state index contributed by atoms with van der Waals surface area (Å²) in [6, 6.07) is 2.08. The molecule has 0 unspecified atom stereocenters. The van der Waals surface area contributed by atoms with Crippen molar-refractivity contribution in [2.24, 2.45) is 5.92 Å². The Labute approximate surface area is 138 Å². The molecule has 3 rings (SSSR count). The van der Waals surface area contributed by atoms with Gasteiger partial charge in [-0.1, -0.05) is 30.1 Å². The second-order valence-electron chi connectivity index (χ2n) is 5.64. The quantitative estimate of drug-likeness (QED) is 0.823. The number of carbonyl (C=O) groups excluding carboxylic acids is 1. The lowest BCUT2D eigenvalue weighted by molar-refractivity contribution is 0.0119. The molecular weight excluding hydrogens is 331 g/mol. The van der Waals surface area contributed by atoms with E-state index >= 15 is 0 Å². The van der Waals surface area contributed by atoms with Gasteiger partial charge in [0.2, 0.25) is 0 Å². The number of hydrogen-bond donors (Lipinski definition) is 0. The molecule has 116 valence electrons. The van der Waals surface area contributed by atoms with Crippen LogP contribution >= 0.6 is 34.5 Å². The van der Waals surface area contributed by atoms with Crippen LogP contribution in [-0.4, -0.2) is 61.1 Å². The molecule has 1 amide bonds. The van der Waals surface area contributed by atoms with Crippen molar-refractivity contribution in [2.45, 2.75) is 13.0 Å². The molecule has 0 radical (unpaired) electrons. The van der Waals surface area contributed by atoms with Crippen LogP contribution in [0.2, 0.25) is 8.67 Å². The molecule has 0 saturated carbocycles. The summed E-state index contributed by atoms with van der Waals surface area (Å²) in [6.45, 7) is 7.18. The van der Waals surface area contributed by atoms with E-state index in [0.29, 0.717) is 26.2 Å². The average molecular weight is 349 g/mol. The second-order valence-corrected chi connectivity index (χ2v) is 7.93. The van der Waals surface area contributed by atoms with Crippen LogP contribution in [0.15, 0.2) is 6.07 Å². The minimum atomic E-state index is -0.00856. The molecule has 3 heterocycles. The highest BCUT2D eigenvalue weighted by Gasteiger charge is 2.37. The third-order valence-corrected chi connectivity index (χ3v) is 5.75. The van der Waals surface area contributed by atoms with Gasteiger partial charge >= 0.3 is 0 Å². The monoisotopic (exact) mass is 348 g/mol. The zero-order chi connectivity index (χ0) is 15.0. The van der Waals surface area contributed by atoms with E-state index in [-0.39, 0.29) is 5.91 Å². The van der Waals surface area contributed by atoms with Gasteiger partial charge in [-0.05, 0) is 12.0 Å². The molecule has 2 aliphatic rings. The summed E-state index contributed by atoms with van der Waals surface area (Å²) < 4.78 is 6.44. The van der Waals surface area contributed by atoms with Crippen molar-refractivity contribution in [3.05, 3.63) is 20.3 Å². The number of morpholine rings is 1. The molecule has 4 nitrogen and oxygen atoms in total. The Balaban J connectivity index is 1.70. The van der Waals surface area contributed by atoms with Gasteiger partial charge in [-0.2, -0.15) is 0 Å². The van der Waals surface area contributed by atoms with E-state index in [1.54, 1.807) is 6.07 Å². The van der Waals surface area contributed by atoms with Gasteiger partial charge < -0.3 is 9.64 Å². The highest BCUT2D eigenvalue weighted by molar-refractivity contribution is 7.20. The van der Waals surface area contributed by atoms with Gasteiger partial charge in [-0.3, -0.25) is 9.69 Å². The number of halogens is 2. The first kappa shape index (κ1) is 15.6. The molecule has 1 aromatic heterocycles. The van der Waals surface area contributed by atoms with Crippen LogP contribution in [0.5, 0.6) is 0 Å². The van der Waals surface area contributed by atoms with Gasteiger partial charge in [0.15, 0.2) is 0 Å². The molecule has 2 atom stereocenters. The zero-order valence-electron chi connectivity index (χ0n) is 11.8. The molecule has 2 aliphatic heterocycles. The maximum Gasteiger partial charge on any atom is 0.256 e. The van der Waals surface area contributed by atoms with Gasteiger partial charge in [0.05, 0.1) is 23.1 Å². The number of ether oxygens (including phenoxy) is 1. The van der Waals surface area contributed by atoms with Gasteiger partial charge in [0.25, 0.3) is 5.91 Å². The largest absolute Gasteiger partial charge is 0.379 e. The number of carbonyl (C=O) groups is 1. The topological polar surface area (TPSA) is 32.8 Å². The van der Waals surface area contributed by atoms with Crippen LogP contribution in [-0.2, 0) is 4.74 Å². The number of likely N-dealkylation sites (tertiary alicyclic amines) is 1. The summed E-state index contributed by atoms with van der Waals surface area (Å²) in [5.74, 6) is 0.450. The molecule has 0 spiro atoms. The smallest absolute Gasteiger partial charge is 0.256 e. The minimum absolute atomic E-state index is 0.00856. The zero-order valence-corrected chi connectivity index (χ0v) is 14.2. The van der Waals surface area contributed by atoms with Crippen LogP contribution in [0.25, 0.3) is 0 Å². The Morgan fingerprint density at radius 2 is 2.05 bits per heavy atom. The summed E-state index contributed by atoms with van der Waals surface area (Å²) in [5.41, 5.74) is 0.529. The first-order valence-electron chi connectivity index (χ1n) is 7.12. The van der Waals surface area contributed by atoms with E-state index in [1.165, 1.54) is 11.3 Å². The molecule has 0 aliphatic carbocycles. The van der Waals surface area contributed by atoms with Gasteiger partial charge in [-0.15, -0.1) is 11.3 Å². The first-order chi connectivity index (χ1) is 10.1. The Bertz CT molecular complexity index is 531. The fraction of sp³-hybridized carbons (Fsp3) is 0.643. The van der Waals surface area contributed by atoms with E-state index in [2.05, 4.69) is 11.8 Å². The molecule has 0 N–H and O–H groups in total. The summed E-state index contributed by atoms with van der Waals surface area (Å²) in [6.07, 6.45) is 0. The Morgan fingerprint density at radius 1 is 1.33 bits per heavy atom. The average Bonchev–Trinajstić information content (AvgIpc) is 3.02. The molecule has 0 bridgehead atoms. The molecule has 2 fully saturated rings.